The zero-order valence-corrected chi connectivity index (χ0v) is 17.4. The molecule has 4 rings (SSSR count). The van der Waals surface area contributed by atoms with Gasteiger partial charge in [-0.05, 0) is 48.8 Å². The molecule has 2 fully saturated rings. The molecule has 2 aliphatic rings. The Morgan fingerprint density at radius 1 is 1.00 bits per heavy atom. The van der Waals surface area contributed by atoms with Gasteiger partial charge in [-0.2, -0.15) is 0 Å². The lowest BCUT2D eigenvalue weighted by atomic mass is 9.90. The third-order valence-electron chi connectivity index (χ3n) is 6.50. The summed E-state index contributed by atoms with van der Waals surface area (Å²) in [5, 5.41) is 3.11. The van der Waals surface area contributed by atoms with E-state index in [2.05, 4.69) is 17.4 Å². The highest BCUT2D eigenvalue weighted by Crippen LogP contribution is 2.59. The van der Waals surface area contributed by atoms with Gasteiger partial charge in [0.25, 0.3) is 0 Å². The van der Waals surface area contributed by atoms with Crippen LogP contribution in [0.5, 0.6) is 5.75 Å². The fourth-order valence-corrected chi connectivity index (χ4v) is 4.50. The van der Waals surface area contributed by atoms with E-state index < -0.39 is 0 Å². The Balaban J connectivity index is 1.15. The van der Waals surface area contributed by atoms with Crippen molar-refractivity contribution in [2.75, 3.05) is 26.2 Å². The van der Waals surface area contributed by atoms with Gasteiger partial charge >= 0.3 is 0 Å². The van der Waals surface area contributed by atoms with Crippen molar-refractivity contribution in [1.29, 1.82) is 0 Å². The van der Waals surface area contributed by atoms with Crippen molar-refractivity contribution in [2.45, 2.75) is 32.1 Å². The molecule has 0 radical (unpaired) electrons. The largest absolute Gasteiger partial charge is 0.493 e. The zero-order valence-electron chi connectivity index (χ0n) is 17.4. The van der Waals surface area contributed by atoms with Gasteiger partial charge in [-0.15, -0.1) is 0 Å². The first-order chi connectivity index (χ1) is 14.7. The third kappa shape index (κ3) is 5.02. The molecule has 30 heavy (non-hydrogen) atoms. The Kier molecular flexibility index (Phi) is 6.36. The van der Waals surface area contributed by atoms with E-state index in [4.69, 9.17) is 4.74 Å². The number of carbonyl (C=O) groups is 2. The molecule has 1 saturated heterocycles. The number of piperidine rings is 1. The van der Waals surface area contributed by atoms with Crippen molar-refractivity contribution in [1.82, 2.24) is 10.2 Å². The molecule has 5 nitrogen and oxygen atoms in total. The summed E-state index contributed by atoms with van der Waals surface area (Å²) >= 11 is 0. The molecule has 1 aliphatic heterocycles. The molecule has 1 aliphatic carbocycles. The predicted molar refractivity (Wildman–Crippen MR) is 116 cm³/mol. The summed E-state index contributed by atoms with van der Waals surface area (Å²) in [5.74, 6) is 1.24. The summed E-state index contributed by atoms with van der Waals surface area (Å²) in [4.78, 5) is 27.0. The van der Waals surface area contributed by atoms with E-state index in [9.17, 15) is 9.59 Å². The third-order valence-corrected chi connectivity index (χ3v) is 6.50. The van der Waals surface area contributed by atoms with E-state index >= 15 is 0 Å². The second kappa shape index (κ2) is 9.33. The van der Waals surface area contributed by atoms with Gasteiger partial charge in [-0.3, -0.25) is 9.59 Å². The van der Waals surface area contributed by atoms with E-state index in [-0.39, 0.29) is 23.1 Å². The molecule has 2 aromatic carbocycles. The number of rotatable bonds is 8. The van der Waals surface area contributed by atoms with Crippen LogP contribution in [0.4, 0.5) is 0 Å². The number of nitrogens with zero attached hydrogens (tertiary/aromatic N) is 1. The molecular formula is C25H30N2O3. The van der Waals surface area contributed by atoms with Crippen LogP contribution in [0.2, 0.25) is 0 Å². The number of ether oxygens (including phenoxy) is 1. The van der Waals surface area contributed by atoms with Gasteiger partial charge < -0.3 is 15.0 Å². The smallest absolute Gasteiger partial charge is 0.225 e. The lowest BCUT2D eigenvalue weighted by Crippen LogP contribution is -2.41. The number of amides is 2. The highest BCUT2D eigenvalue weighted by molar-refractivity contribution is 5.83. The standard InChI is InChI=1S/C25H30N2O3/c28-23(12-18-30-21-9-5-2-6-10-21)27-16-13-25(14-17-27)19-22(25)24(29)26-15-11-20-7-3-1-4-8-20/h1-10,22H,11-19H2,(H,26,29). The Labute approximate surface area is 178 Å². The maximum atomic E-state index is 12.6. The van der Waals surface area contributed by atoms with E-state index in [1.807, 2.05) is 53.4 Å². The van der Waals surface area contributed by atoms with Gasteiger partial charge in [0.1, 0.15) is 5.75 Å². The van der Waals surface area contributed by atoms with Crippen LogP contribution < -0.4 is 10.1 Å². The topological polar surface area (TPSA) is 58.6 Å². The van der Waals surface area contributed by atoms with Gasteiger partial charge in [0, 0.05) is 25.6 Å². The van der Waals surface area contributed by atoms with E-state index in [0.29, 0.717) is 19.6 Å². The summed E-state index contributed by atoms with van der Waals surface area (Å²) in [7, 11) is 0. The first-order valence-corrected chi connectivity index (χ1v) is 10.9. The SMILES string of the molecule is O=C(NCCc1ccccc1)C1CC12CCN(C(=O)CCOc1ccccc1)CC2. The highest BCUT2D eigenvalue weighted by atomic mass is 16.5. The first kappa shape index (κ1) is 20.5. The number of benzene rings is 2. The molecule has 0 aromatic heterocycles. The molecule has 1 atom stereocenters. The highest BCUT2D eigenvalue weighted by Gasteiger charge is 2.58. The Morgan fingerprint density at radius 2 is 1.67 bits per heavy atom. The molecule has 1 saturated carbocycles. The molecule has 1 heterocycles. The number of carbonyl (C=O) groups excluding carboxylic acids is 2. The molecule has 158 valence electrons. The summed E-state index contributed by atoms with van der Waals surface area (Å²) in [6, 6.07) is 19.8. The minimum absolute atomic E-state index is 0.118. The summed E-state index contributed by atoms with van der Waals surface area (Å²) in [6.07, 6.45) is 4.07. The zero-order chi connectivity index (χ0) is 20.8. The molecule has 0 bridgehead atoms. The summed E-state index contributed by atoms with van der Waals surface area (Å²) in [6.45, 7) is 2.58. The normalized spacial score (nSPS) is 19.3. The second-order valence-electron chi connectivity index (χ2n) is 8.44. The minimum Gasteiger partial charge on any atom is -0.493 e. The molecule has 5 heteroatoms. The predicted octanol–water partition coefficient (Wildman–Crippen LogP) is 3.44. The van der Waals surface area contributed by atoms with Crippen molar-refractivity contribution in [3.05, 3.63) is 66.2 Å². The molecule has 1 N–H and O–H groups in total. The maximum Gasteiger partial charge on any atom is 0.225 e. The van der Waals surface area contributed by atoms with Crippen molar-refractivity contribution in [3.8, 4) is 5.75 Å². The lowest BCUT2D eigenvalue weighted by Gasteiger charge is -2.33. The minimum atomic E-state index is 0.118. The molecule has 1 spiro atoms. The van der Waals surface area contributed by atoms with Crippen LogP contribution in [-0.2, 0) is 16.0 Å². The molecule has 2 amide bonds. The van der Waals surface area contributed by atoms with Crippen LogP contribution in [0.3, 0.4) is 0 Å². The average Bonchev–Trinajstić information content (AvgIpc) is 3.49. The Morgan fingerprint density at radius 3 is 2.37 bits per heavy atom. The second-order valence-corrected chi connectivity index (χ2v) is 8.44. The van der Waals surface area contributed by atoms with Crippen LogP contribution >= 0.6 is 0 Å². The fraction of sp³-hybridized carbons (Fsp3) is 0.440. The number of hydrogen-bond acceptors (Lipinski definition) is 3. The quantitative estimate of drug-likeness (QED) is 0.731. The van der Waals surface area contributed by atoms with Crippen LogP contribution in [0.25, 0.3) is 0 Å². The molecule has 2 aromatic rings. The Bertz CT molecular complexity index is 845. The van der Waals surface area contributed by atoms with Crippen LogP contribution in [0, 0.1) is 11.3 Å². The summed E-state index contributed by atoms with van der Waals surface area (Å²) < 4.78 is 5.64. The number of hydrogen-bond donors (Lipinski definition) is 1. The monoisotopic (exact) mass is 406 g/mol. The van der Waals surface area contributed by atoms with Crippen LogP contribution in [0.15, 0.2) is 60.7 Å². The molecule has 1 unspecified atom stereocenters. The van der Waals surface area contributed by atoms with Crippen molar-refractivity contribution in [2.24, 2.45) is 11.3 Å². The summed E-state index contributed by atoms with van der Waals surface area (Å²) in [5.41, 5.74) is 1.36. The Hall–Kier alpha value is -2.82. The van der Waals surface area contributed by atoms with Crippen molar-refractivity contribution >= 4 is 11.8 Å². The average molecular weight is 407 g/mol. The maximum absolute atomic E-state index is 12.6. The van der Waals surface area contributed by atoms with Crippen molar-refractivity contribution < 1.29 is 14.3 Å². The number of likely N-dealkylation sites (tertiary alicyclic amines) is 1. The van der Waals surface area contributed by atoms with Crippen LogP contribution in [-0.4, -0.2) is 43.0 Å². The van der Waals surface area contributed by atoms with Gasteiger partial charge in [-0.1, -0.05) is 48.5 Å². The van der Waals surface area contributed by atoms with Gasteiger partial charge in [0.15, 0.2) is 0 Å². The first-order valence-electron chi connectivity index (χ1n) is 10.9. The van der Waals surface area contributed by atoms with E-state index in [1.165, 1.54) is 5.56 Å². The van der Waals surface area contributed by atoms with E-state index in [1.54, 1.807) is 0 Å². The van der Waals surface area contributed by atoms with Gasteiger partial charge in [0.05, 0.1) is 13.0 Å². The van der Waals surface area contributed by atoms with E-state index in [0.717, 1.165) is 44.5 Å². The van der Waals surface area contributed by atoms with Gasteiger partial charge in [0.2, 0.25) is 11.8 Å². The lowest BCUT2D eigenvalue weighted by molar-refractivity contribution is -0.133. The fourth-order valence-electron chi connectivity index (χ4n) is 4.50. The van der Waals surface area contributed by atoms with Gasteiger partial charge in [-0.25, -0.2) is 0 Å². The molecular weight excluding hydrogens is 376 g/mol. The number of nitrogens with one attached hydrogen (secondary N) is 1. The van der Waals surface area contributed by atoms with Crippen molar-refractivity contribution in [3.63, 3.8) is 0 Å². The van der Waals surface area contributed by atoms with Crippen LogP contribution in [0.1, 0.15) is 31.2 Å². The number of para-hydroxylation sites is 1.